The Bertz CT molecular complexity index is 507. The van der Waals surface area contributed by atoms with Crippen molar-refractivity contribution in [3.05, 3.63) is 0 Å². The number of nitrogens with one attached hydrogen (secondary N) is 3. The third-order valence-electron chi connectivity index (χ3n) is 4.20. The molecule has 3 N–H and O–H groups in total. The average molecular weight is 354 g/mol. The predicted molar refractivity (Wildman–Crippen MR) is 93.5 cm³/mol. The molecule has 1 heterocycles. The number of hydrogen-bond donors (Lipinski definition) is 3. The largest absolute Gasteiger partial charge is 0.354 e. The minimum Gasteiger partial charge on any atom is -0.354 e. The van der Waals surface area contributed by atoms with Crippen molar-refractivity contribution < 1.29 is 19.2 Å². The van der Waals surface area contributed by atoms with Crippen molar-refractivity contribution in [2.75, 3.05) is 19.6 Å². The summed E-state index contributed by atoms with van der Waals surface area (Å²) in [6.07, 6.45) is 1.39. The highest BCUT2D eigenvalue weighted by atomic mass is 16.2. The summed E-state index contributed by atoms with van der Waals surface area (Å²) in [4.78, 5) is 49.9. The van der Waals surface area contributed by atoms with Crippen molar-refractivity contribution in [1.82, 2.24) is 20.9 Å². The molecule has 1 aliphatic rings. The quantitative estimate of drug-likeness (QED) is 0.605. The molecule has 25 heavy (non-hydrogen) atoms. The molecule has 4 amide bonds. The molecule has 0 spiro atoms. The van der Waals surface area contributed by atoms with E-state index in [1.165, 1.54) is 6.92 Å². The summed E-state index contributed by atoms with van der Waals surface area (Å²) >= 11 is 0. The van der Waals surface area contributed by atoms with E-state index in [1.807, 2.05) is 13.8 Å². The van der Waals surface area contributed by atoms with Crippen molar-refractivity contribution >= 4 is 23.6 Å². The molecule has 0 unspecified atom stereocenters. The molecular weight excluding hydrogens is 324 g/mol. The van der Waals surface area contributed by atoms with E-state index in [9.17, 15) is 19.2 Å². The second-order valence-corrected chi connectivity index (χ2v) is 6.77. The Hall–Kier alpha value is -2.12. The summed E-state index contributed by atoms with van der Waals surface area (Å²) in [5, 5.41) is 8.14. The van der Waals surface area contributed by atoms with Crippen LogP contribution in [0, 0.1) is 5.92 Å². The van der Waals surface area contributed by atoms with Crippen LogP contribution in [0.15, 0.2) is 0 Å². The minimum atomic E-state index is -0.726. The van der Waals surface area contributed by atoms with Crippen molar-refractivity contribution in [3.63, 3.8) is 0 Å². The number of amides is 4. The van der Waals surface area contributed by atoms with Crippen molar-refractivity contribution in [1.29, 1.82) is 0 Å². The summed E-state index contributed by atoms with van der Waals surface area (Å²) in [5.41, 5.74) is 0. The third kappa shape index (κ3) is 7.11. The lowest BCUT2D eigenvalue weighted by molar-refractivity contribution is -0.132. The van der Waals surface area contributed by atoms with Gasteiger partial charge in [-0.1, -0.05) is 13.8 Å². The first-order valence-electron chi connectivity index (χ1n) is 8.85. The summed E-state index contributed by atoms with van der Waals surface area (Å²) in [6, 6.07) is -1.39. The van der Waals surface area contributed by atoms with Gasteiger partial charge in [0, 0.05) is 33.0 Å². The molecule has 1 saturated heterocycles. The van der Waals surface area contributed by atoms with Crippen LogP contribution in [0.2, 0.25) is 0 Å². The molecular formula is C17H30N4O4. The number of carbonyl (C=O) groups is 4. The lowest BCUT2D eigenvalue weighted by Gasteiger charge is -2.24. The van der Waals surface area contributed by atoms with Gasteiger partial charge in [0.15, 0.2) is 0 Å². The van der Waals surface area contributed by atoms with Gasteiger partial charge in [-0.15, -0.1) is 0 Å². The maximum Gasteiger partial charge on any atom is 0.242 e. The standard InChI is InChI=1S/C17H30N4O4/c1-11(2)15-17(25)18-8-6-10-21(13(4)22)9-5-7-14(23)19-12(3)16(24)20-15/h11-12,15H,5-10H2,1-4H3,(H,18,25)(H,19,23)(H,20,24)/t12-,15-/m1/s1. The van der Waals surface area contributed by atoms with Crippen molar-refractivity contribution in [2.45, 2.75) is 59.0 Å². The Kier molecular flexibility index (Phi) is 8.37. The van der Waals surface area contributed by atoms with Crippen LogP contribution in [0.25, 0.3) is 0 Å². The van der Waals surface area contributed by atoms with E-state index in [1.54, 1.807) is 11.8 Å². The Balaban J connectivity index is 2.85. The van der Waals surface area contributed by atoms with E-state index in [0.717, 1.165) is 0 Å². The first kappa shape index (κ1) is 20.9. The van der Waals surface area contributed by atoms with E-state index in [4.69, 9.17) is 0 Å². The molecule has 2 atom stereocenters. The highest BCUT2D eigenvalue weighted by Gasteiger charge is 2.26. The molecule has 0 aliphatic carbocycles. The molecule has 0 saturated carbocycles. The van der Waals surface area contributed by atoms with E-state index < -0.39 is 12.1 Å². The Morgan fingerprint density at radius 3 is 2.32 bits per heavy atom. The van der Waals surface area contributed by atoms with Gasteiger partial charge in [0.25, 0.3) is 0 Å². The number of nitrogens with zero attached hydrogens (tertiary/aromatic N) is 1. The topological polar surface area (TPSA) is 108 Å². The van der Waals surface area contributed by atoms with E-state index in [2.05, 4.69) is 16.0 Å². The van der Waals surface area contributed by atoms with Crippen LogP contribution < -0.4 is 16.0 Å². The second kappa shape index (κ2) is 10.0. The Morgan fingerprint density at radius 2 is 1.72 bits per heavy atom. The molecule has 0 aromatic heterocycles. The van der Waals surface area contributed by atoms with Crippen LogP contribution in [0.4, 0.5) is 0 Å². The molecule has 0 aromatic carbocycles. The summed E-state index contributed by atoms with van der Waals surface area (Å²) in [5.74, 6) is -1.03. The Labute approximate surface area is 149 Å². The van der Waals surface area contributed by atoms with Gasteiger partial charge in [-0.2, -0.15) is 0 Å². The molecule has 1 aliphatic heterocycles. The fourth-order valence-corrected chi connectivity index (χ4v) is 2.64. The smallest absolute Gasteiger partial charge is 0.242 e. The maximum absolute atomic E-state index is 12.3. The Morgan fingerprint density at radius 1 is 1.08 bits per heavy atom. The van der Waals surface area contributed by atoms with Crippen LogP contribution in [0.3, 0.4) is 0 Å². The first-order chi connectivity index (χ1) is 11.7. The zero-order valence-electron chi connectivity index (χ0n) is 15.6. The average Bonchev–Trinajstić information content (AvgIpc) is 2.52. The van der Waals surface area contributed by atoms with Gasteiger partial charge >= 0.3 is 0 Å². The number of rotatable bonds is 1. The van der Waals surface area contributed by atoms with Gasteiger partial charge in [-0.25, -0.2) is 0 Å². The molecule has 142 valence electrons. The van der Waals surface area contributed by atoms with Crippen LogP contribution >= 0.6 is 0 Å². The minimum absolute atomic E-state index is 0.0543. The predicted octanol–water partition coefficient (Wildman–Crippen LogP) is -0.219. The van der Waals surface area contributed by atoms with Gasteiger partial charge in [0.2, 0.25) is 23.6 Å². The maximum atomic E-state index is 12.3. The van der Waals surface area contributed by atoms with Crippen LogP contribution in [0.5, 0.6) is 0 Å². The van der Waals surface area contributed by atoms with Gasteiger partial charge < -0.3 is 20.9 Å². The summed E-state index contributed by atoms with van der Waals surface area (Å²) in [6.45, 7) is 8.19. The fourth-order valence-electron chi connectivity index (χ4n) is 2.64. The van der Waals surface area contributed by atoms with E-state index in [0.29, 0.717) is 32.5 Å². The van der Waals surface area contributed by atoms with Crippen LogP contribution in [-0.2, 0) is 19.2 Å². The van der Waals surface area contributed by atoms with Crippen LogP contribution in [-0.4, -0.2) is 60.2 Å². The number of carbonyl (C=O) groups excluding carboxylic acids is 4. The first-order valence-corrected chi connectivity index (χ1v) is 8.85. The van der Waals surface area contributed by atoms with Crippen LogP contribution in [0.1, 0.15) is 47.0 Å². The highest BCUT2D eigenvalue weighted by Crippen LogP contribution is 2.04. The second-order valence-electron chi connectivity index (χ2n) is 6.77. The summed E-state index contributed by atoms with van der Waals surface area (Å²) < 4.78 is 0. The fraction of sp³-hybridized carbons (Fsp3) is 0.765. The van der Waals surface area contributed by atoms with E-state index in [-0.39, 0.29) is 36.0 Å². The zero-order chi connectivity index (χ0) is 19.0. The summed E-state index contributed by atoms with van der Waals surface area (Å²) in [7, 11) is 0. The molecule has 0 radical (unpaired) electrons. The third-order valence-corrected chi connectivity index (χ3v) is 4.20. The molecule has 8 heteroatoms. The molecule has 0 bridgehead atoms. The van der Waals surface area contributed by atoms with Gasteiger partial charge in [0.1, 0.15) is 12.1 Å². The van der Waals surface area contributed by atoms with E-state index >= 15 is 0 Å². The molecule has 8 nitrogen and oxygen atoms in total. The van der Waals surface area contributed by atoms with Gasteiger partial charge in [-0.3, -0.25) is 19.2 Å². The molecule has 1 fully saturated rings. The van der Waals surface area contributed by atoms with Gasteiger partial charge in [0.05, 0.1) is 0 Å². The monoisotopic (exact) mass is 354 g/mol. The SMILES string of the molecule is CC(=O)N1CCCNC(=O)[C@@H](C(C)C)NC(=O)[C@@H](C)NC(=O)CCC1. The lowest BCUT2D eigenvalue weighted by Crippen LogP contribution is -2.54. The lowest BCUT2D eigenvalue weighted by atomic mass is 10.0. The molecule has 1 rings (SSSR count). The normalized spacial score (nSPS) is 24.7. The zero-order valence-corrected chi connectivity index (χ0v) is 15.6. The highest BCUT2D eigenvalue weighted by molar-refractivity contribution is 5.92. The van der Waals surface area contributed by atoms with Crippen molar-refractivity contribution in [2.24, 2.45) is 5.92 Å². The van der Waals surface area contributed by atoms with Crippen molar-refractivity contribution in [3.8, 4) is 0 Å². The van der Waals surface area contributed by atoms with Gasteiger partial charge in [-0.05, 0) is 25.7 Å². The number of hydrogen-bond acceptors (Lipinski definition) is 4. The molecule has 0 aromatic rings.